The van der Waals surface area contributed by atoms with E-state index in [0.717, 1.165) is 18.1 Å². The van der Waals surface area contributed by atoms with Crippen LogP contribution in [0.25, 0.3) is 0 Å². The van der Waals surface area contributed by atoms with Crippen LogP contribution < -0.4 is 5.32 Å². The summed E-state index contributed by atoms with van der Waals surface area (Å²) in [6, 6.07) is 0. The molecule has 0 unspecified atom stereocenters. The Labute approximate surface area is 108 Å². The van der Waals surface area contributed by atoms with Crippen molar-refractivity contribution in [2.75, 3.05) is 7.05 Å². The average Bonchev–Trinajstić information content (AvgIpc) is 3.12. The Bertz CT molecular complexity index is 375. The fourth-order valence-electron chi connectivity index (χ4n) is 1.81. The van der Waals surface area contributed by atoms with E-state index in [1.807, 2.05) is 25.0 Å². The van der Waals surface area contributed by atoms with Gasteiger partial charge in [-0.05, 0) is 25.1 Å². The highest BCUT2D eigenvalue weighted by Crippen LogP contribution is 2.40. The number of hydrogen-bond donors (Lipinski definition) is 1. The van der Waals surface area contributed by atoms with Crippen LogP contribution in [-0.2, 0) is 12.3 Å². The van der Waals surface area contributed by atoms with Crippen LogP contribution in [0.5, 0.6) is 0 Å². The highest BCUT2D eigenvalue weighted by atomic mass is 32.2. The summed E-state index contributed by atoms with van der Waals surface area (Å²) in [5, 5.41) is 3.83. The fourth-order valence-corrected chi connectivity index (χ4v) is 2.43. The van der Waals surface area contributed by atoms with Gasteiger partial charge in [-0.3, -0.25) is 0 Å². The van der Waals surface area contributed by atoms with Gasteiger partial charge in [-0.1, -0.05) is 13.8 Å². The Morgan fingerprint density at radius 2 is 2.24 bits per heavy atom. The van der Waals surface area contributed by atoms with E-state index < -0.39 is 0 Å². The molecular weight excluding hydrogens is 230 g/mol. The smallest absolute Gasteiger partial charge is 0.138 e. The maximum atomic E-state index is 4.75. The molecule has 17 heavy (non-hydrogen) atoms. The second-order valence-corrected chi connectivity index (χ2v) is 6.43. The van der Waals surface area contributed by atoms with E-state index in [1.165, 1.54) is 24.1 Å². The molecule has 0 amide bonds. The second kappa shape index (κ2) is 5.83. The molecule has 1 heterocycles. The average molecular weight is 251 g/mol. The highest BCUT2D eigenvalue weighted by molar-refractivity contribution is 7.99. The molecule has 4 heteroatoms. The van der Waals surface area contributed by atoms with E-state index >= 15 is 0 Å². The molecule has 0 saturated heterocycles. The molecule has 0 spiro atoms. The molecule has 0 bridgehead atoms. The van der Waals surface area contributed by atoms with Crippen LogP contribution in [0.4, 0.5) is 0 Å². The molecule has 1 aliphatic carbocycles. The standard InChI is InChI=1S/C13H21N3S/c1-9(2)17-8-12-15-7-11(6-14-3)13(16-12)10-4-5-10/h7,9-10,14H,4-6,8H2,1-3H3. The first kappa shape index (κ1) is 12.8. The molecule has 0 atom stereocenters. The van der Waals surface area contributed by atoms with E-state index in [9.17, 15) is 0 Å². The van der Waals surface area contributed by atoms with Gasteiger partial charge in [0.2, 0.25) is 0 Å². The summed E-state index contributed by atoms with van der Waals surface area (Å²) in [4.78, 5) is 9.22. The summed E-state index contributed by atoms with van der Waals surface area (Å²) in [5.41, 5.74) is 2.56. The zero-order valence-corrected chi connectivity index (χ0v) is 11.7. The van der Waals surface area contributed by atoms with Crippen molar-refractivity contribution < 1.29 is 0 Å². The number of rotatable bonds is 6. The van der Waals surface area contributed by atoms with Crippen molar-refractivity contribution >= 4 is 11.8 Å². The number of nitrogens with one attached hydrogen (secondary N) is 1. The minimum Gasteiger partial charge on any atom is -0.316 e. The molecular formula is C13H21N3S. The van der Waals surface area contributed by atoms with Crippen molar-refractivity contribution in [3.8, 4) is 0 Å². The van der Waals surface area contributed by atoms with Gasteiger partial charge in [-0.15, -0.1) is 0 Å². The largest absolute Gasteiger partial charge is 0.316 e. The Kier molecular flexibility index (Phi) is 4.40. The van der Waals surface area contributed by atoms with Crippen molar-refractivity contribution in [3.05, 3.63) is 23.3 Å². The Hall–Kier alpha value is -0.610. The number of aromatic nitrogens is 2. The Balaban J connectivity index is 2.11. The van der Waals surface area contributed by atoms with Crippen LogP contribution in [0.15, 0.2) is 6.20 Å². The first-order valence-electron chi connectivity index (χ1n) is 6.31. The Morgan fingerprint density at radius 1 is 1.47 bits per heavy atom. The van der Waals surface area contributed by atoms with Crippen LogP contribution in [0.1, 0.15) is 49.7 Å². The predicted octanol–water partition coefficient (Wildman–Crippen LogP) is 2.72. The summed E-state index contributed by atoms with van der Waals surface area (Å²) in [7, 11) is 1.97. The third-order valence-electron chi connectivity index (χ3n) is 2.82. The normalized spacial score (nSPS) is 15.5. The maximum absolute atomic E-state index is 4.75. The molecule has 1 aromatic rings. The van der Waals surface area contributed by atoms with E-state index in [4.69, 9.17) is 4.98 Å². The minimum atomic E-state index is 0.639. The lowest BCUT2D eigenvalue weighted by molar-refractivity contribution is 0.774. The van der Waals surface area contributed by atoms with Crippen LogP contribution in [0.2, 0.25) is 0 Å². The second-order valence-electron chi connectivity index (χ2n) is 4.86. The summed E-state index contributed by atoms with van der Waals surface area (Å²) >= 11 is 1.90. The number of hydrogen-bond acceptors (Lipinski definition) is 4. The third-order valence-corrected chi connectivity index (χ3v) is 3.92. The SMILES string of the molecule is CNCc1cnc(CSC(C)C)nc1C1CC1. The molecule has 2 rings (SSSR count). The van der Waals surface area contributed by atoms with E-state index in [-0.39, 0.29) is 0 Å². The molecule has 1 saturated carbocycles. The van der Waals surface area contributed by atoms with E-state index in [0.29, 0.717) is 11.2 Å². The number of nitrogens with zero attached hydrogens (tertiary/aromatic N) is 2. The van der Waals surface area contributed by atoms with Crippen molar-refractivity contribution in [2.45, 2.75) is 50.2 Å². The van der Waals surface area contributed by atoms with Crippen molar-refractivity contribution in [1.29, 1.82) is 0 Å². The van der Waals surface area contributed by atoms with Gasteiger partial charge in [0.05, 0.1) is 11.4 Å². The molecule has 1 N–H and O–H groups in total. The first-order chi connectivity index (χ1) is 8.20. The molecule has 0 aromatic carbocycles. The quantitative estimate of drug-likeness (QED) is 0.843. The van der Waals surface area contributed by atoms with Crippen molar-refractivity contribution in [3.63, 3.8) is 0 Å². The summed E-state index contributed by atoms with van der Waals surface area (Å²) in [5.74, 6) is 2.62. The van der Waals surface area contributed by atoms with Crippen LogP contribution in [0.3, 0.4) is 0 Å². The van der Waals surface area contributed by atoms with E-state index in [1.54, 1.807) is 0 Å². The van der Waals surface area contributed by atoms with Crippen molar-refractivity contribution in [1.82, 2.24) is 15.3 Å². The maximum Gasteiger partial charge on any atom is 0.138 e. The lowest BCUT2D eigenvalue weighted by Crippen LogP contribution is -2.11. The van der Waals surface area contributed by atoms with Crippen molar-refractivity contribution in [2.24, 2.45) is 0 Å². The number of thioether (sulfide) groups is 1. The van der Waals surface area contributed by atoms with Gasteiger partial charge in [0.15, 0.2) is 0 Å². The molecule has 1 aliphatic rings. The highest BCUT2D eigenvalue weighted by Gasteiger charge is 2.27. The molecule has 1 aromatic heterocycles. The van der Waals surface area contributed by atoms with Gasteiger partial charge in [-0.2, -0.15) is 11.8 Å². The molecule has 1 fully saturated rings. The first-order valence-corrected chi connectivity index (χ1v) is 7.36. The lowest BCUT2D eigenvalue weighted by Gasteiger charge is -2.10. The van der Waals surface area contributed by atoms with Gasteiger partial charge in [0, 0.05) is 24.2 Å². The van der Waals surface area contributed by atoms with Crippen LogP contribution in [-0.4, -0.2) is 22.3 Å². The minimum absolute atomic E-state index is 0.639. The fraction of sp³-hybridized carbons (Fsp3) is 0.692. The molecule has 94 valence electrons. The Morgan fingerprint density at radius 3 is 2.82 bits per heavy atom. The predicted molar refractivity (Wildman–Crippen MR) is 73.2 cm³/mol. The van der Waals surface area contributed by atoms with Gasteiger partial charge in [0.1, 0.15) is 5.82 Å². The molecule has 0 radical (unpaired) electrons. The summed E-state index contributed by atoms with van der Waals surface area (Å²) < 4.78 is 0. The third kappa shape index (κ3) is 3.68. The van der Waals surface area contributed by atoms with Gasteiger partial charge < -0.3 is 5.32 Å². The van der Waals surface area contributed by atoms with Crippen LogP contribution >= 0.6 is 11.8 Å². The molecule has 3 nitrogen and oxygen atoms in total. The zero-order chi connectivity index (χ0) is 12.3. The van der Waals surface area contributed by atoms with Gasteiger partial charge >= 0.3 is 0 Å². The van der Waals surface area contributed by atoms with Gasteiger partial charge in [-0.25, -0.2) is 9.97 Å². The van der Waals surface area contributed by atoms with Gasteiger partial charge in [0.25, 0.3) is 0 Å². The molecule has 0 aliphatic heterocycles. The topological polar surface area (TPSA) is 37.8 Å². The monoisotopic (exact) mass is 251 g/mol. The lowest BCUT2D eigenvalue weighted by atomic mass is 10.1. The zero-order valence-electron chi connectivity index (χ0n) is 10.9. The summed E-state index contributed by atoms with van der Waals surface area (Å²) in [6.45, 7) is 5.30. The van der Waals surface area contributed by atoms with E-state index in [2.05, 4.69) is 24.1 Å². The van der Waals surface area contributed by atoms with Crippen LogP contribution in [0, 0.1) is 0 Å². The summed E-state index contributed by atoms with van der Waals surface area (Å²) in [6.07, 6.45) is 4.60.